The molecule has 3 rings (SSSR count). The molecule has 0 bridgehead atoms. The molecule has 0 radical (unpaired) electrons. The van der Waals surface area contributed by atoms with Crippen molar-refractivity contribution in [3.8, 4) is 0 Å². The molecule has 1 N–H and O–H groups in total. The molecule has 0 spiro atoms. The van der Waals surface area contributed by atoms with E-state index >= 15 is 0 Å². The quantitative estimate of drug-likeness (QED) is 0.921. The molecule has 1 aromatic carbocycles. The first-order valence-corrected chi connectivity index (χ1v) is 7.51. The molecule has 1 unspecified atom stereocenters. The van der Waals surface area contributed by atoms with Crippen LogP contribution >= 0.6 is 11.6 Å². The lowest BCUT2D eigenvalue weighted by atomic mass is 10.1. The second-order valence-electron chi connectivity index (χ2n) is 5.55. The van der Waals surface area contributed by atoms with Gasteiger partial charge in [-0.2, -0.15) is 0 Å². The second kappa shape index (κ2) is 5.73. The molecule has 21 heavy (non-hydrogen) atoms. The number of hydrogen-bond acceptors (Lipinski definition) is 3. The zero-order chi connectivity index (χ0) is 15.0. The summed E-state index contributed by atoms with van der Waals surface area (Å²) in [6.07, 6.45) is 2.39. The molecular formula is C15H18ClFN4. The maximum atomic E-state index is 13.9. The summed E-state index contributed by atoms with van der Waals surface area (Å²) in [7, 11) is 1.98. The highest BCUT2D eigenvalue weighted by Gasteiger charge is 2.29. The minimum absolute atomic E-state index is 0.195. The summed E-state index contributed by atoms with van der Waals surface area (Å²) in [6.45, 7) is 2.42. The summed E-state index contributed by atoms with van der Waals surface area (Å²) in [5.41, 5.74) is 0.490. The van der Waals surface area contributed by atoms with Gasteiger partial charge in [-0.3, -0.25) is 0 Å². The largest absolute Gasteiger partial charge is 0.317 e. The van der Waals surface area contributed by atoms with Crippen LogP contribution in [0.15, 0.2) is 18.2 Å². The summed E-state index contributed by atoms with van der Waals surface area (Å²) >= 11 is 6.08. The van der Waals surface area contributed by atoms with E-state index in [-0.39, 0.29) is 11.9 Å². The first-order chi connectivity index (χ1) is 10.1. The molecule has 0 aliphatic heterocycles. The van der Waals surface area contributed by atoms with Gasteiger partial charge in [0.25, 0.3) is 0 Å². The van der Waals surface area contributed by atoms with Crippen LogP contribution in [0, 0.1) is 5.82 Å². The van der Waals surface area contributed by atoms with Gasteiger partial charge in [-0.05, 0) is 31.9 Å². The number of halogens is 2. The Bertz CT molecular complexity index is 631. The Hall–Kier alpha value is -1.46. The predicted molar refractivity (Wildman–Crippen MR) is 79.6 cm³/mol. The van der Waals surface area contributed by atoms with Gasteiger partial charge in [0.15, 0.2) is 0 Å². The van der Waals surface area contributed by atoms with Gasteiger partial charge in [-0.15, -0.1) is 10.2 Å². The van der Waals surface area contributed by atoms with Crippen molar-refractivity contribution in [3.63, 3.8) is 0 Å². The fraction of sp³-hybridized carbons (Fsp3) is 0.467. The molecule has 0 amide bonds. The van der Waals surface area contributed by atoms with Gasteiger partial charge in [-0.1, -0.05) is 17.7 Å². The van der Waals surface area contributed by atoms with E-state index in [0.717, 1.165) is 11.6 Å². The van der Waals surface area contributed by atoms with Crippen LogP contribution in [0.25, 0.3) is 0 Å². The van der Waals surface area contributed by atoms with E-state index in [2.05, 4.69) is 15.5 Å². The normalized spacial score (nSPS) is 16.2. The van der Waals surface area contributed by atoms with E-state index in [4.69, 9.17) is 11.6 Å². The van der Waals surface area contributed by atoms with Gasteiger partial charge in [0.1, 0.15) is 17.5 Å². The van der Waals surface area contributed by atoms with Crippen LogP contribution in [-0.4, -0.2) is 14.8 Å². The lowest BCUT2D eigenvalue weighted by Gasteiger charge is -2.16. The first kappa shape index (κ1) is 14.5. The molecule has 1 fully saturated rings. The Kier molecular flexibility index (Phi) is 3.95. The molecular weight excluding hydrogens is 291 g/mol. The number of rotatable bonds is 5. The van der Waals surface area contributed by atoms with E-state index in [1.54, 1.807) is 12.1 Å². The molecule has 6 heteroatoms. The summed E-state index contributed by atoms with van der Waals surface area (Å²) in [6, 6.07) is 4.54. The lowest BCUT2D eigenvalue weighted by molar-refractivity contribution is 0.513. The smallest absolute Gasteiger partial charge is 0.146 e. The van der Waals surface area contributed by atoms with Crippen molar-refractivity contribution in [1.82, 2.24) is 20.1 Å². The molecule has 2 aromatic rings. The Labute approximate surface area is 128 Å². The SMILES string of the molecule is CC(NCc1nnc(C2CC2)n1C)c1c(F)cccc1Cl. The average molecular weight is 309 g/mol. The highest BCUT2D eigenvalue weighted by atomic mass is 35.5. The number of hydrogen-bond donors (Lipinski definition) is 1. The van der Waals surface area contributed by atoms with Crippen molar-refractivity contribution in [2.45, 2.75) is 38.3 Å². The Morgan fingerprint density at radius 1 is 1.43 bits per heavy atom. The Morgan fingerprint density at radius 2 is 2.19 bits per heavy atom. The van der Waals surface area contributed by atoms with Gasteiger partial charge in [0.05, 0.1) is 6.54 Å². The van der Waals surface area contributed by atoms with E-state index in [1.165, 1.54) is 18.9 Å². The fourth-order valence-electron chi connectivity index (χ4n) is 2.50. The molecule has 1 aliphatic rings. The third-order valence-electron chi connectivity index (χ3n) is 3.94. The van der Waals surface area contributed by atoms with Gasteiger partial charge in [0.2, 0.25) is 0 Å². The van der Waals surface area contributed by atoms with E-state index in [9.17, 15) is 4.39 Å². The third-order valence-corrected chi connectivity index (χ3v) is 4.27. The maximum absolute atomic E-state index is 13.9. The van der Waals surface area contributed by atoms with Crippen molar-refractivity contribution in [2.24, 2.45) is 7.05 Å². The van der Waals surface area contributed by atoms with Crippen LogP contribution in [-0.2, 0) is 13.6 Å². The van der Waals surface area contributed by atoms with Crippen molar-refractivity contribution in [3.05, 3.63) is 46.3 Å². The van der Waals surface area contributed by atoms with Crippen LogP contribution < -0.4 is 5.32 Å². The van der Waals surface area contributed by atoms with E-state index < -0.39 is 0 Å². The van der Waals surface area contributed by atoms with Gasteiger partial charge in [-0.25, -0.2) is 4.39 Å². The van der Waals surface area contributed by atoms with Crippen LogP contribution in [0.1, 0.15) is 48.9 Å². The minimum atomic E-state index is -0.292. The van der Waals surface area contributed by atoms with Gasteiger partial charge >= 0.3 is 0 Å². The van der Waals surface area contributed by atoms with Crippen LogP contribution in [0.3, 0.4) is 0 Å². The Balaban J connectivity index is 1.70. The zero-order valence-electron chi connectivity index (χ0n) is 12.1. The van der Waals surface area contributed by atoms with Crippen molar-refractivity contribution in [1.29, 1.82) is 0 Å². The topological polar surface area (TPSA) is 42.7 Å². The first-order valence-electron chi connectivity index (χ1n) is 7.13. The summed E-state index contributed by atoms with van der Waals surface area (Å²) < 4.78 is 15.9. The summed E-state index contributed by atoms with van der Waals surface area (Å²) in [4.78, 5) is 0. The molecule has 1 aliphatic carbocycles. The molecule has 1 aromatic heterocycles. The Morgan fingerprint density at radius 3 is 2.86 bits per heavy atom. The van der Waals surface area contributed by atoms with Crippen molar-refractivity contribution in [2.75, 3.05) is 0 Å². The van der Waals surface area contributed by atoms with E-state index in [0.29, 0.717) is 23.0 Å². The third kappa shape index (κ3) is 2.94. The molecule has 0 saturated heterocycles. The molecule has 112 valence electrons. The van der Waals surface area contributed by atoms with Crippen molar-refractivity contribution < 1.29 is 4.39 Å². The molecule has 1 heterocycles. The standard InChI is InChI=1S/C15H18ClFN4/c1-9(14-11(16)4-3-5-12(14)17)18-8-13-19-20-15(21(13)2)10-6-7-10/h3-5,9-10,18H,6-8H2,1-2H3. The number of nitrogens with zero attached hydrogens (tertiary/aromatic N) is 3. The molecule has 4 nitrogen and oxygen atoms in total. The lowest BCUT2D eigenvalue weighted by Crippen LogP contribution is -2.21. The molecule has 1 saturated carbocycles. The summed E-state index contributed by atoms with van der Waals surface area (Å²) in [5, 5.41) is 12.1. The number of benzene rings is 1. The highest BCUT2D eigenvalue weighted by molar-refractivity contribution is 6.31. The van der Waals surface area contributed by atoms with Crippen LogP contribution in [0.2, 0.25) is 5.02 Å². The monoisotopic (exact) mass is 308 g/mol. The van der Waals surface area contributed by atoms with Gasteiger partial charge in [0, 0.05) is 29.6 Å². The zero-order valence-corrected chi connectivity index (χ0v) is 12.9. The summed E-state index contributed by atoms with van der Waals surface area (Å²) in [5.74, 6) is 2.17. The predicted octanol–water partition coefficient (Wildman–Crippen LogP) is 3.34. The van der Waals surface area contributed by atoms with Gasteiger partial charge < -0.3 is 9.88 Å². The minimum Gasteiger partial charge on any atom is -0.317 e. The number of aromatic nitrogens is 3. The maximum Gasteiger partial charge on any atom is 0.146 e. The van der Waals surface area contributed by atoms with E-state index in [1.807, 2.05) is 18.5 Å². The number of nitrogens with one attached hydrogen (secondary N) is 1. The second-order valence-corrected chi connectivity index (χ2v) is 5.95. The highest BCUT2D eigenvalue weighted by Crippen LogP contribution is 2.38. The van der Waals surface area contributed by atoms with Crippen LogP contribution in [0.4, 0.5) is 4.39 Å². The fourth-order valence-corrected chi connectivity index (χ4v) is 2.82. The van der Waals surface area contributed by atoms with Crippen LogP contribution in [0.5, 0.6) is 0 Å². The average Bonchev–Trinajstić information content (AvgIpc) is 3.21. The molecule has 1 atom stereocenters. The van der Waals surface area contributed by atoms with Crippen molar-refractivity contribution >= 4 is 11.6 Å².